The molecule has 1 amide bonds. The molecule has 1 atom stereocenters. The lowest BCUT2D eigenvalue weighted by atomic mass is 10.1. The quantitative estimate of drug-likeness (QED) is 0.849. The minimum Gasteiger partial charge on any atom is -0.350 e. The summed E-state index contributed by atoms with van der Waals surface area (Å²) < 4.78 is 1.79. The summed E-state index contributed by atoms with van der Waals surface area (Å²) >= 11 is 0. The first-order chi connectivity index (χ1) is 8.19. The van der Waals surface area contributed by atoms with Gasteiger partial charge in [-0.15, -0.1) is 0 Å². The van der Waals surface area contributed by atoms with Crippen molar-refractivity contribution in [2.24, 2.45) is 7.05 Å². The first-order valence-electron chi connectivity index (χ1n) is 6.23. The molecule has 2 N–H and O–H groups in total. The molecular weight excluding hydrogens is 228 g/mol. The van der Waals surface area contributed by atoms with E-state index in [2.05, 4.69) is 15.7 Å². The summed E-state index contributed by atoms with van der Waals surface area (Å²) in [6.07, 6.45) is 1.98. The number of carbonyl (C=O) groups is 1. The van der Waals surface area contributed by atoms with Crippen LogP contribution in [0.1, 0.15) is 45.0 Å². The average molecular weight is 252 g/mol. The molecule has 5 nitrogen and oxygen atoms in total. The van der Waals surface area contributed by atoms with E-state index < -0.39 is 0 Å². The topological polar surface area (TPSA) is 59.0 Å². The van der Waals surface area contributed by atoms with Gasteiger partial charge in [0.1, 0.15) is 0 Å². The summed E-state index contributed by atoms with van der Waals surface area (Å²) in [4.78, 5) is 11.7. The highest BCUT2D eigenvalue weighted by molar-refractivity contribution is 5.78. The van der Waals surface area contributed by atoms with E-state index in [1.807, 2.05) is 47.9 Å². The summed E-state index contributed by atoms with van der Waals surface area (Å²) in [7, 11) is 1.90. The molecule has 102 valence electrons. The van der Waals surface area contributed by atoms with E-state index in [0.717, 1.165) is 11.3 Å². The number of hydrogen-bond acceptors (Lipinski definition) is 3. The molecule has 0 aliphatic rings. The smallest absolute Gasteiger partial charge is 0.234 e. The zero-order valence-corrected chi connectivity index (χ0v) is 12.2. The second kappa shape index (κ2) is 5.52. The fourth-order valence-electron chi connectivity index (χ4n) is 1.86. The zero-order chi connectivity index (χ0) is 13.9. The molecule has 18 heavy (non-hydrogen) atoms. The minimum absolute atomic E-state index is 0.0101. The Bertz CT molecular complexity index is 417. The van der Waals surface area contributed by atoms with Crippen molar-refractivity contribution < 1.29 is 4.79 Å². The number of hydrogen-bond donors (Lipinski definition) is 2. The highest BCUT2D eigenvalue weighted by atomic mass is 16.2. The van der Waals surface area contributed by atoms with Gasteiger partial charge in [-0.25, -0.2) is 0 Å². The van der Waals surface area contributed by atoms with Crippen LogP contribution >= 0.6 is 0 Å². The van der Waals surface area contributed by atoms with Crippen LogP contribution in [0, 0.1) is 6.92 Å². The second-order valence-corrected chi connectivity index (χ2v) is 5.74. The van der Waals surface area contributed by atoms with Gasteiger partial charge in [0.25, 0.3) is 0 Å². The van der Waals surface area contributed by atoms with Gasteiger partial charge < -0.3 is 10.6 Å². The largest absolute Gasteiger partial charge is 0.350 e. The highest BCUT2D eigenvalue weighted by Crippen LogP contribution is 2.14. The van der Waals surface area contributed by atoms with Crippen molar-refractivity contribution in [2.45, 2.75) is 46.2 Å². The molecule has 5 heteroatoms. The molecule has 0 saturated carbocycles. The average Bonchev–Trinajstić information content (AvgIpc) is 2.52. The molecule has 0 spiro atoms. The molecule has 0 bridgehead atoms. The normalized spacial score (nSPS) is 13.4. The lowest BCUT2D eigenvalue weighted by Crippen LogP contribution is -2.45. The minimum atomic E-state index is -0.188. The Kier molecular flexibility index (Phi) is 4.51. The van der Waals surface area contributed by atoms with Crippen molar-refractivity contribution >= 4 is 5.91 Å². The maximum absolute atomic E-state index is 11.7. The highest BCUT2D eigenvalue weighted by Gasteiger charge is 2.16. The van der Waals surface area contributed by atoms with E-state index in [1.165, 1.54) is 0 Å². The summed E-state index contributed by atoms with van der Waals surface area (Å²) in [5.74, 6) is 0.0101. The fourth-order valence-corrected chi connectivity index (χ4v) is 1.86. The van der Waals surface area contributed by atoms with E-state index in [-0.39, 0.29) is 17.5 Å². The second-order valence-electron chi connectivity index (χ2n) is 5.74. The van der Waals surface area contributed by atoms with Crippen LogP contribution in [0.4, 0.5) is 0 Å². The summed E-state index contributed by atoms with van der Waals surface area (Å²) in [6.45, 7) is 10.2. The molecule has 1 aromatic heterocycles. The van der Waals surface area contributed by atoms with Crippen molar-refractivity contribution in [2.75, 3.05) is 6.54 Å². The van der Waals surface area contributed by atoms with Crippen LogP contribution in [0.5, 0.6) is 0 Å². The maximum atomic E-state index is 11.7. The number of amides is 1. The molecule has 0 aromatic carbocycles. The SMILES string of the molecule is Cc1nn(C)cc1C(C)NCC(=O)NC(C)(C)C. The van der Waals surface area contributed by atoms with Crippen molar-refractivity contribution in [3.63, 3.8) is 0 Å². The van der Waals surface area contributed by atoms with E-state index in [9.17, 15) is 4.79 Å². The predicted molar refractivity (Wildman–Crippen MR) is 72.3 cm³/mol. The number of carbonyl (C=O) groups excluding carboxylic acids is 1. The van der Waals surface area contributed by atoms with Crippen molar-refractivity contribution in [1.82, 2.24) is 20.4 Å². The van der Waals surface area contributed by atoms with Crippen LogP contribution in [-0.4, -0.2) is 27.8 Å². The van der Waals surface area contributed by atoms with Crippen LogP contribution < -0.4 is 10.6 Å². The van der Waals surface area contributed by atoms with Gasteiger partial charge in [0.2, 0.25) is 5.91 Å². The van der Waals surface area contributed by atoms with Gasteiger partial charge in [-0.05, 0) is 34.6 Å². The number of aromatic nitrogens is 2. The molecule has 1 unspecified atom stereocenters. The van der Waals surface area contributed by atoms with Gasteiger partial charge in [0.05, 0.1) is 12.2 Å². The molecule has 1 aromatic rings. The molecule has 0 saturated heterocycles. The summed E-state index contributed by atoms with van der Waals surface area (Å²) in [5.41, 5.74) is 1.93. The molecule has 0 aliphatic carbocycles. The molecule has 0 radical (unpaired) electrons. The predicted octanol–water partition coefficient (Wildman–Crippen LogP) is 1.29. The van der Waals surface area contributed by atoms with Gasteiger partial charge in [0, 0.05) is 30.4 Å². The lowest BCUT2D eigenvalue weighted by molar-refractivity contribution is -0.121. The van der Waals surface area contributed by atoms with Crippen LogP contribution in [0.25, 0.3) is 0 Å². The lowest BCUT2D eigenvalue weighted by Gasteiger charge is -2.21. The van der Waals surface area contributed by atoms with Crippen molar-refractivity contribution in [3.05, 3.63) is 17.5 Å². The van der Waals surface area contributed by atoms with E-state index >= 15 is 0 Å². The van der Waals surface area contributed by atoms with E-state index in [1.54, 1.807) is 4.68 Å². The zero-order valence-electron chi connectivity index (χ0n) is 12.2. The van der Waals surface area contributed by atoms with Crippen LogP contribution in [0.15, 0.2) is 6.20 Å². The third-order valence-corrected chi connectivity index (χ3v) is 2.60. The first-order valence-corrected chi connectivity index (χ1v) is 6.23. The Morgan fingerprint density at radius 3 is 2.56 bits per heavy atom. The van der Waals surface area contributed by atoms with Gasteiger partial charge in [-0.2, -0.15) is 5.10 Å². The summed E-state index contributed by atoms with van der Waals surface area (Å²) in [6, 6.07) is 0.115. The third kappa shape index (κ3) is 4.49. The molecule has 1 rings (SSSR count). The Labute approximate surface area is 109 Å². The number of aryl methyl sites for hydroxylation is 2. The Morgan fingerprint density at radius 1 is 1.50 bits per heavy atom. The summed E-state index contributed by atoms with van der Waals surface area (Å²) in [5, 5.41) is 10.4. The van der Waals surface area contributed by atoms with Gasteiger partial charge in [0.15, 0.2) is 0 Å². The number of nitrogens with one attached hydrogen (secondary N) is 2. The third-order valence-electron chi connectivity index (χ3n) is 2.60. The van der Waals surface area contributed by atoms with Crippen LogP contribution in [0.3, 0.4) is 0 Å². The Balaban J connectivity index is 2.49. The van der Waals surface area contributed by atoms with Gasteiger partial charge >= 0.3 is 0 Å². The standard InChI is InChI=1S/C13H24N4O/c1-9(11-8-17(6)16-10(11)2)14-7-12(18)15-13(3,4)5/h8-9,14H,7H2,1-6H3,(H,15,18). The number of nitrogens with zero attached hydrogens (tertiary/aromatic N) is 2. The molecule has 0 fully saturated rings. The van der Waals surface area contributed by atoms with Gasteiger partial charge in [-0.1, -0.05) is 0 Å². The molecule has 1 heterocycles. The first kappa shape index (κ1) is 14.7. The number of rotatable bonds is 4. The molecule has 0 aliphatic heterocycles. The van der Waals surface area contributed by atoms with Gasteiger partial charge in [-0.3, -0.25) is 9.48 Å². The Morgan fingerprint density at radius 2 is 2.11 bits per heavy atom. The van der Waals surface area contributed by atoms with Crippen LogP contribution in [0.2, 0.25) is 0 Å². The monoisotopic (exact) mass is 252 g/mol. The molecular formula is C13H24N4O. The van der Waals surface area contributed by atoms with E-state index in [0.29, 0.717) is 6.54 Å². The Hall–Kier alpha value is -1.36. The van der Waals surface area contributed by atoms with Crippen LogP contribution in [-0.2, 0) is 11.8 Å². The van der Waals surface area contributed by atoms with Crippen molar-refractivity contribution in [3.8, 4) is 0 Å². The maximum Gasteiger partial charge on any atom is 0.234 e. The van der Waals surface area contributed by atoms with Crippen molar-refractivity contribution in [1.29, 1.82) is 0 Å². The fraction of sp³-hybridized carbons (Fsp3) is 0.692. The van der Waals surface area contributed by atoms with E-state index in [4.69, 9.17) is 0 Å².